The third kappa shape index (κ3) is 20.8. The van der Waals surface area contributed by atoms with E-state index in [0.717, 1.165) is 52.2 Å². The molecule has 0 bridgehead atoms. The molecule has 3 saturated heterocycles. The van der Waals surface area contributed by atoms with Gasteiger partial charge in [-0.2, -0.15) is 0 Å². The molecule has 0 spiro atoms. The van der Waals surface area contributed by atoms with Crippen LogP contribution < -0.4 is 36.6 Å². The average Bonchev–Trinajstić information content (AvgIpc) is 1.68. The second-order valence-corrected chi connectivity index (χ2v) is 24.3. The number of phenolic OH excluding ortho intramolecular Hbond substituents is 1. The van der Waals surface area contributed by atoms with Gasteiger partial charge in [0.1, 0.15) is 60.0 Å². The van der Waals surface area contributed by atoms with E-state index in [1.807, 2.05) is 48.5 Å². The van der Waals surface area contributed by atoms with Crippen LogP contribution >= 0.6 is 0 Å². The molecule has 4 aromatic rings. The van der Waals surface area contributed by atoms with Crippen molar-refractivity contribution in [3.05, 3.63) is 121 Å². The molecule has 0 saturated carbocycles. The van der Waals surface area contributed by atoms with Gasteiger partial charge in [0.2, 0.25) is 35.4 Å². The summed E-state index contributed by atoms with van der Waals surface area (Å²) in [6, 6.07) is 16.9. The molecule has 26 nitrogen and oxygen atoms in total. The van der Waals surface area contributed by atoms with Crippen molar-refractivity contribution < 1.29 is 87.9 Å². The number of carbonyl (C=O) groups excluding carboxylic acids is 7. The highest BCUT2D eigenvalue weighted by molar-refractivity contribution is 6.00. The summed E-state index contributed by atoms with van der Waals surface area (Å²) in [6.45, 7) is 12.4. The van der Waals surface area contributed by atoms with Gasteiger partial charge in [0, 0.05) is 44.6 Å². The molecule has 518 valence electrons. The number of nitrogens with zero attached hydrogens (tertiary/aromatic N) is 2. The van der Waals surface area contributed by atoms with Gasteiger partial charge in [-0.15, -0.1) is 6.58 Å². The average molecular weight is 1320 g/mol. The van der Waals surface area contributed by atoms with Crippen molar-refractivity contribution >= 4 is 41.4 Å². The van der Waals surface area contributed by atoms with E-state index in [0.29, 0.717) is 33.0 Å². The van der Waals surface area contributed by atoms with Crippen LogP contribution in [0.15, 0.2) is 110 Å². The van der Waals surface area contributed by atoms with Gasteiger partial charge in [0.25, 0.3) is 5.91 Å². The zero-order valence-electron chi connectivity index (χ0n) is 54.6. The van der Waals surface area contributed by atoms with E-state index in [4.69, 9.17) is 23.7 Å². The Balaban J connectivity index is 1.20. The Morgan fingerprint density at radius 1 is 0.642 bits per heavy atom. The van der Waals surface area contributed by atoms with Gasteiger partial charge in [-0.1, -0.05) is 93.4 Å². The maximum Gasteiger partial charge on any atom is 0.251 e. The van der Waals surface area contributed by atoms with Gasteiger partial charge in [-0.25, -0.2) is 0 Å². The number of aromatic hydroxyl groups is 1. The van der Waals surface area contributed by atoms with Crippen molar-refractivity contribution in [3.8, 4) is 33.8 Å². The van der Waals surface area contributed by atoms with E-state index >= 15 is 4.79 Å². The minimum absolute atomic E-state index is 0.0323. The van der Waals surface area contributed by atoms with Crippen molar-refractivity contribution in [2.24, 2.45) is 11.8 Å². The van der Waals surface area contributed by atoms with Crippen LogP contribution in [-0.4, -0.2) is 228 Å². The Morgan fingerprint density at radius 2 is 1.18 bits per heavy atom. The molecule has 3 aliphatic rings. The quantitative estimate of drug-likeness (QED) is 0.0285. The van der Waals surface area contributed by atoms with Gasteiger partial charge < -0.3 is 90.7 Å². The molecule has 0 radical (unpaired) electrons. The van der Waals surface area contributed by atoms with E-state index in [1.165, 1.54) is 49.1 Å². The summed E-state index contributed by atoms with van der Waals surface area (Å²) in [6.07, 6.45) is -6.18. The number of methoxy groups -OCH3 is 1. The number of amides is 7. The molecule has 0 aliphatic carbocycles. The van der Waals surface area contributed by atoms with Crippen LogP contribution in [0.5, 0.6) is 11.5 Å². The lowest BCUT2D eigenvalue weighted by atomic mass is 9.91. The first kappa shape index (κ1) is 74.5. The van der Waals surface area contributed by atoms with Crippen molar-refractivity contribution in [2.75, 3.05) is 79.6 Å². The normalized spacial score (nSPS) is 24.6. The zero-order valence-corrected chi connectivity index (χ0v) is 54.6. The maximum atomic E-state index is 15.0. The number of hydrogen-bond acceptors (Lipinski definition) is 19. The number of benzene rings is 4. The minimum Gasteiger partial charge on any atom is -0.508 e. The maximum absolute atomic E-state index is 15.0. The Kier molecular flexibility index (Phi) is 28.9. The fourth-order valence-corrected chi connectivity index (χ4v) is 11.8. The van der Waals surface area contributed by atoms with Crippen LogP contribution in [0.3, 0.4) is 0 Å². The first-order valence-electron chi connectivity index (χ1n) is 32.5. The molecule has 95 heavy (non-hydrogen) atoms. The summed E-state index contributed by atoms with van der Waals surface area (Å²) in [5.74, 6) is -7.49. The number of aliphatic hydroxyl groups excluding tert-OH is 5. The van der Waals surface area contributed by atoms with Crippen LogP contribution in [0.4, 0.5) is 0 Å². The highest BCUT2D eigenvalue weighted by Crippen LogP contribution is 2.33. The second kappa shape index (κ2) is 36.8. The lowest BCUT2D eigenvalue weighted by molar-refractivity contribution is -0.147. The molecule has 4 aromatic carbocycles. The van der Waals surface area contributed by atoms with Crippen molar-refractivity contribution in [1.82, 2.24) is 41.7 Å². The first-order chi connectivity index (χ1) is 45.6. The standard InChI is InChI=1S/C69H94N8O18/c1-7-9-10-30-95-52-25-21-47(22-26-52)45-13-11-44(12-14-45)46-15-17-49(18-16-46)63(84)71-54-27-28-56(70-29-31-92-34-35-94-37-36-93-33-32-91-6)72-67(88)60-53(8-2)41(3)39-77(60)69(90)58(43(5)79)74-66(87)59(62(83)61(82)48-19-23-50(80)24-20-48)75-65(86)55-38-51(81)40-76(55)68(89)57(42(4)78)73-64(54)85/h8,11-26,41-43,51,53-62,70,78-83H,2,7,9-10,27-40H2,1,3-6H3,(H,71,84)(H,72,88)(H,73,85)(H,74,87)(H,75,86). The Labute approximate surface area is 554 Å². The Hall–Kier alpha value is -7.89. The fourth-order valence-electron chi connectivity index (χ4n) is 11.8. The number of hydrogen-bond donors (Lipinski definition) is 12. The topological polar surface area (TPSA) is 366 Å². The molecule has 14 unspecified atom stereocenters. The lowest BCUT2D eigenvalue weighted by Crippen LogP contribution is -2.64. The number of rotatable bonds is 28. The fraction of sp³-hybridized carbons (Fsp3) is 0.522. The molecule has 7 amide bonds. The summed E-state index contributed by atoms with van der Waals surface area (Å²) >= 11 is 0. The third-order valence-corrected chi connectivity index (χ3v) is 17.2. The first-order valence-corrected chi connectivity index (χ1v) is 32.5. The van der Waals surface area contributed by atoms with Crippen molar-refractivity contribution in [1.29, 1.82) is 0 Å². The van der Waals surface area contributed by atoms with Crippen LogP contribution in [0.1, 0.15) is 88.2 Å². The molecule has 7 rings (SSSR count). The molecule has 3 fully saturated rings. The van der Waals surface area contributed by atoms with Crippen LogP contribution in [0, 0.1) is 11.8 Å². The largest absolute Gasteiger partial charge is 0.508 e. The van der Waals surface area contributed by atoms with Crippen LogP contribution in [0.25, 0.3) is 22.3 Å². The predicted molar refractivity (Wildman–Crippen MR) is 350 cm³/mol. The van der Waals surface area contributed by atoms with Gasteiger partial charge in [0.15, 0.2) is 0 Å². The third-order valence-electron chi connectivity index (χ3n) is 17.2. The lowest BCUT2D eigenvalue weighted by Gasteiger charge is -2.34. The molecule has 26 heteroatoms. The number of nitrogens with one attached hydrogen (secondary N) is 6. The summed E-state index contributed by atoms with van der Waals surface area (Å²) in [5.41, 5.74) is 3.72. The van der Waals surface area contributed by atoms with Gasteiger partial charge >= 0.3 is 0 Å². The van der Waals surface area contributed by atoms with Crippen molar-refractivity contribution in [3.63, 3.8) is 0 Å². The van der Waals surface area contributed by atoms with Gasteiger partial charge in [0.05, 0.1) is 77.3 Å². The minimum atomic E-state index is -2.25. The van der Waals surface area contributed by atoms with E-state index in [1.54, 1.807) is 38.3 Å². The number of aliphatic hydroxyl groups is 5. The smallest absolute Gasteiger partial charge is 0.251 e. The summed E-state index contributed by atoms with van der Waals surface area (Å²) in [7, 11) is 1.57. The summed E-state index contributed by atoms with van der Waals surface area (Å²) in [4.78, 5) is 106. The SMILES string of the molecule is C=CC1C(C)CN2C(=O)C(C(C)O)NC(=O)C(C(O)C(O)c3ccc(O)cc3)NC(=O)C3CC(O)CN3C(=O)C(C(C)O)NC(=O)C(NC(=O)c3ccc(-c4ccc(-c5ccc(OCCCCC)cc5)cc4)cc3)CCC(NCCOCCOCCOCCOC)NC(=O)C12. The number of fused-ring (bicyclic) bond motifs is 2. The van der Waals surface area contributed by atoms with E-state index in [2.05, 4.69) is 45.4 Å². The monoisotopic (exact) mass is 1320 g/mol. The molecular formula is C69H94N8O18. The van der Waals surface area contributed by atoms with Crippen LogP contribution in [-0.2, 0) is 47.7 Å². The highest BCUT2D eigenvalue weighted by atomic mass is 16.6. The Bertz CT molecular complexity index is 3140. The number of unbranched alkanes of at least 4 members (excludes halogenated alkanes) is 2. The number of phenols is 1. The molecule has 14 atom stereocenters. The summed E-state index contributed by atoms with van der Waals surface area (Å²) < 4.78 is 27.8. The van der Waals surface area contributed by atoms with Gasteiger partial charge in [-0.3, -0.25) is 38.9 Å². The van der Waals surface area contributed by atoms with Crippen LogP contribution in [0.2, 0.25) is 0 Å². The van der Waals surface area contributed by atoms with E-state index in [9.17, 15) is 59.4 Å². The Morgan fingerprint density at radius 3 is 1.75 bits per heavy atom. The molecular weight excluding hydrogens is 1230 g/mol. The van der Waals surface area contributed by atoms with E-state index < -0.39 is 139 Å². The number of carbonyl (C=O) groups is 7. The van der Waals surface area contributed by atoms with E-state index in [-0.39, 0.29) is 62.6 Å². The number of ether oxygens (including phenoxy) is 5. The molecule has 3 heterocycles. The predicted octanol–water partition coefficient (Wildman–Crippen LogP) is 1.84. The molecule has 12 N–H and O–H groups in total. The zero-order chi connectivity index (χ0) is 68.7. The second-order valence-electron chi connectivity index (χ2n) is 24.3. The van der Waals surface area contributed by atoms with Crippen molar-refractivity contribution in [2.45, 2.75) is 139 Å². The molecule has 0 aromatic heterocycles. The summed E-state index contributed by atoms with van der Waals surface area (Å²) in [5, 5.41) is 83.4. The highest BCUT2D eigenvalue weighted by Gasteiger charge is 2.49. The van der Waals surface area contributed by atoms with Gasteiger partial charge in [-0.05, 0) is 103 Å². The molecule has 3 aliphatic heterocycles.